The zero-order chi connectivity index (χ0) is 22.0. The standard InChI is InChI=1S/C17H28N6O6/c1-3-9(2)14(16(27)22-12(7-24)17(28)29)23-15(26)11(21-13(25)5-18)4-10-6-19-8-20-10/h6,8-9,11-12,14,24H,3-5,7,18H2,1-2H3,(H,19,20)(H,21,25)(H,22,27)(H,23,26)(H,28,29). The van der Waals surface area contributed by atoms with Gasteiger partial charge < -0.3 is 36.9 Å². The number of hydrogen-bond acceptors (Lipinski definition) is 7. The summed E-state index contributed by atoms with van der Waals surface area (Å²) in [6.07, 6.45) is 3.51. The molecule has 12 heteroatoms. The van der Waals surface area contributed by atoms with Crippen molar-refractivity contribution < 1.29 is 29.4 Å². The number of rotatable bonds is 12. The molecule has 162 valence electrons. The summed E-state index contributed by atoms with van der Waals surface area (Å²) in [5, 5.41) is 25.4. The van der Waals surface area contributed by atoms with Crippen molar-refractivity contribution in [2.75, 3.05) is 13.2 Å². The summed E-state index contributed by atoms with van der Waals surface area (Å²) in [4.78, 5) is 54.8. The molecule has 0 bridgehead atoms. The van der Waals surface area contributed by atoms with Gasteiger partial charge in [0, 0.05) is 18.3 Å². The molecule has 8 N–H and O–H groups in total. The van der Waals surface area contributed by atoms with Crippen LogP contribution in [0.5, 0.6) is 0 Å². The summed E-state index contributed by atoms with van der Waals surface area (Å²) in [5.74, 6) is -3.69. The second kappa shape index (κ2) is 11.8. The molecule has 3 amide bonds. The summed E-state index contributed by atoms with van der Waals surface area (Å²) in [7, 11) is 0. The monoisotopic (exact) mass is 412 g/mol. The maximum absolute atomic E-state index is 12.8. The maximum atomic E-state index is 12.8. The number of aliphatic hydroxyl groups excluding tert-OH is 1. The van der Waals surface area contributed by atoms with Crippen LogP contribution in [-0.2, 0) is 25.6 Å². The van der Waals surface area contributed by atoms with Crippen molar-refractivity contribution in [3.63, 3.8) is 0 Å². The lowest BCUT2D eigenvalue weighted by molar-refractivity contribution is -0.143. The predicted molar refractivity (Wildman–Crippen MR) is 101 cm³/mol. The molecule has 1 rings (SSSR count). The lowest BCUT2D eigenvalue weighted by Crippen LogP contribution is -2.58. The van der Waals surface area contributed by atoms with E-state index in [9.17, 15) is 19.2 Å². The summed E-state index contributed by atoms with van der Waals surface area (Å²) in [6, 6.07) is -3.59. The van der Waals surface area contributed by atoms with Gasteiger partial charge in [0.05, 0.1) is 19.5 Å². The van der Waals surface area contributed by atoms with Gasteiger partial charge in [-0.15, -0.1) is 0 Å². The molecular formula is C17H28N6O6. The van der Waals surface area contributed by atoms with E-state index in [1.165, 1.54) is 12.5 Å². The smallest absolute Gasteiger partial charge is 0.328 e. The highest BCUT2D eigenvalue weighted by molar-refractivity contribution is 5.93. The number of amides is 3. The highest BCUT2D eigenvalue weighted by Gasteiger charge is 2.32. The first-order valence-corrected chi connectivity index (χ1v) is 9.14. The molecule has 0 aromatic carbocycles. The van der Waals surface area contributed by atoms with E-state index < -0.39 is 48.4 Å². The molecule has 0 aliphatic heterocycles. The molecular weight excluding hydrogens is 384 g/mol. The minimum Gasteiger partial charge on any atom is -0.480 e. The molecule has 29 heavy (non-hydrogen) atoms. The number of imidazole rings is 1. The topological polar surface area (TPSA) is 200 Å². The number of aliphatic carboxylic acids is 1. The van der Waals surface area contributed by atoms with Gasteiger partial charge in [-0.1, -0.05) is 20.3 Å². The Labute approximate surface area is 167 Å². The molecule has 1 aromatic heterocycles. The van der Waals surface area contributed by atoms with Crippen molar-refractivity contribution in [2.24, 2.45) is 11.7 Å². The van der Waals surface area contributed by atoms with Gasteiger partial charge in [0.1, 0.15) is 18.1 Å². The number of hydrogen-bond donors (Lipinski definition) is 7. The van der Waals surface area contributed by atoms with Crippen LogP contribution in [0.3, 0.4) is 0 Å². The van der Waals surface area contributed by atoms with Crippen LogP contribution in [0.2, 0.25) is 0 Å². The molecule has 0 aliphatic rings. The number of H-pyrrole nitrogens is 1. The molecule has 0 aliphatic carbocycles. The van der Waals surface area contributed by atoms with Crippen molar-refractivity contribution in [2.45, 2.75) is 44.8 Å². The number of aromatic nitrogens is 2. The zero-order valence-corrected chi connectivity index (χ0v) is 16.3. The van der Waals surface area contributed by atoms with Crippen molar-refractivity contribution in [1.82, 2.24) is 25.9 Å². The molecule has 12 nitrogen and oxygen atoms in total. The first kappa shape index (κ1) is 24.0. The van der Waals surface area contributed by atoms with Crippen molar-refractivity contribution >= 4 is 23.7 Å². The van der Waals surface area contributed by atoms with E-state index in [-0.39, 0.29) is 18.9 Å². The second-order valence-corrected chi connectivity index (χ2v) is 6.56. The van der Waals surface area contributed by atoms with Gasteiger partial charge in [-0.2, -0.15) is 0 Å². The van der Waals surface area contributed by atoms with Gasteiger partial charge in [0.25, 0.3) is 0 Å². The Morgan fingerprint density at radius 3 is 2.34 bits per heavy atom. The molecule has 0 saturated heterocycles. The average molecular weight is 412 g/mol. The highest BCUT2D eigenvalue weighted by atomic mass is 16.4. The second-order valence-electron chi connectivity index (χ2n) is 6.56. The van der Waals surface area contributed by atoms with E-state index in [0.717, 1.165) is 0 Å². The number of carbonyl (C=O) groups excluding carboxylic acids is 3. The average Bonchev–Trinajstić information content (AvgIpc) is 3.21. The predicted octanol–water partition coefficient (Wildman–Crippen LogP) is -2.51. The number of aliphatic hydroxyl groups is 1. The van der Waals surface area contributed by atoms with E-state index >= 15 is 0 Å². The van der Waals surface area contributed by atoms with Gasteiger partial charge in [0.2, 0.25) is 17.7 Å². The number of carboxylic acid groups (broad SMARTS) is 1. The molecule has 0 fully saturated rings. The Hall–Kier alpha value is -2.99. The number of aromatic amines is 1. The molecule has 1 heterocycles. The number of carboxylic acids is 1. The Morgan fingerprint density at radius 1 is 1.17 bits per heavy atom. The lowest BCUT2D eigenvalue weighted by Gasteiger charge is -2.27. The normalized spacial score (nSPS) is 14.9. The first-order valence-electron chi connectivity index (χ1n) is 9.14. The molecule has 4 atom stereocenters. The third-order valence-electron chi connectivity index (χ3n) is 4.41. The van der Waals surface area contributed by atoms with Gasteiger partial charge in [-0.25, -0.2) is 9.78 Å². The van der Waals surface area contributed by atoms with Crippen LogP contribution in [0, 0.1) is 5.92 Å². The largest absolute Gasteiger partial charge is 0.480 e. The van der Waals surface area contributed by atoms with Gasteiger partial charge in [-0.05, 0) is 5.92 Å². The lowest BCUT2D eigenvalue weighted by atomic mass is 9.97. The van der Waals surface area contributed by atoms with Crippen LogP contribution >= 0.6 is 0 Å². The van der Waals surface area contributed by atoms with Crippen molar-refractivity contribution in [3.8, 4) is 0 Å². The number of nitrogens with zero attached hydrogens (tertiary/aromatic N) is 1. The van der Waals surface area contributed by atoms with E-state index in [0.29, 0.717) is 12.1 Å². The van der Waals surface area contributed by atoms with Crippen molar-refractivity contribution in [1.29, 1.82) is 0 Å². The summed E-state index contributed by atoms with van der Waals surface area (Å²) >= 11 is 0. The van der Waals surface area contributed by atoms with Crippen LogP contribution < -0.4 is 21.7 Å². The minimum atomic E-state index is -1.50. The fraction of sp³-hybridized carbons (Fsp3) is 0.588. The summed E-state index contributed by atoms with van der Waals surface area (Å²) < 4.78 is 0. The van der Waals surface area contributed by atoms with Crippen LogP contribution in [0.15, 0.2) is 12.5 Å². The molecule has 0 saturated carbocycles. The number of nitrogens with one attached hydrogen (secondary N) is 4. The highest BCUT2D eigenvalue weighted by Crippen LogP contribution is 2.10. The van der Waals surface area contributed by atoms with Gasteiger partial charge in [-0.3, -0.25) is 14.4 Å². The molecule has 1 aromatic rings. The SMILES string of the molecule is CCC(C)C(NC(=O)C(Cc1cnc[nH]1)NC(=O)CN)C(=O)NC(CO)C(=O)O. The van der Waals surface area contributed by atoms with E-state index in [1.807, 2.05) is 0 Å². The zero-order valence-electron chi connectivity index (χ0n) is 16.3. The van der Waals surface area contributed by atoms with Crippen LogP contribution in [-0.4, -0.2) is 75.1 Å². The van der Waals surface area contributed by atoms with Gasteiger partial charge in [0.15, 0.2) is 0 Å². The number of nitrogens with two attached hydrogens (primary N) is 1. The fourth-order valence-corrected chi connectivity index (χ4v) is 2.48. The van der Waals surface area contributed by atoms with Crippen molar-refractivity contribution in [3.05, 3.63) is 18.2 Å². The first-order chi connectivity index (χ1) is 13.7. The van der Waals surface area contributed by atoms with E-state index in [4.69, 9.17) is 15.9 Å². The van der Waals surface area contributed by atoms with Crippen LogP contribution in [0.25, 0.3) is 0 Å². The molecule has 0 spiro atoms. The Balaban J connectivity index is 2.97. The Bertz CT molecular complexity index is 695. The summed E-state index contributed by atoms with van der Waals surface area (Å²) in [6.45, 7) is 2.40. The maximum Gasteiger partial charge on any atom is 0.328 e. The third kappa shape index (κ3) is 7.50. The van der Waals surface area contributed by atoms with Crippen LogP contribution in [0.1, 0.15) is 26.0 Å². The Morgan fingerprint density at radius 2 is 1.86 bits per heavy atom. The fourth-order valence-electron chi connectivity index (χ4n) is 2.48. The molecule has 4 unspecified atom stereocenters. The minimum absolute atomic E-state index is 0.0841. The summed E-state index contributed by atoms with van der Waals surface area (Å²) in [5.41, 5.74) is 5.89. The van der Waals surface area contributed by atoms with Crippen LogP contribution in [0.4, 0.5) is 0 Å². The Kier molecular flexibility index (Phi) is 9.75. The van der Waals surface area contributed by atoms with Gasteiger partial charge >= 0.3 is 5.97 Å². The third-order valence-corrected chi connectivity index (χ3v) is 4.41. The molecule has 0 radical (unpaired) electrons. The van der Waals surface area contributed by atoms with E-state index in [2.05, 4.69) is 25.9 Å². The quantitative estimate of drug-likeness (QED) is 0.195. The van der Waals surface area contributed by atoms with E-state index in [1.54, 1.807) is 13.8 Å². The number of carbonyl (C=O) groups is 4.